The van der Waals surface area contributed by atoms with E-state index < -0.39 is 89.6 Å². The highest BCUT2D eigenvalue weighted by molar-refractivity contribution is 5.95. The van der Waals surface area contributed by atoms with Gasteiger partial charge in [0.05, 0.1) is 18.1 Å². The molecule has 0 unspecified atom stereocenters. The van der Waals surface area contributed by atoms with Gasteiger partial charge in [-0.15, -0.1) is 0 Å². The fourth-order valence-electron chi connectivity index (χ4n) is 13.1. The summed E-state index contributed by atoms with van der Waals surface area (Å²) in [6.07, 6.45) is -7.13. The van der Waals surface area contributed by atoms with Crippen LogP contribution >= 0.6 is 0 Å². The number of carbonyl (C=O) groups is 3. The number of rotatable bonds is 6. The summed E-state index contributed by atoms with van der Waals surface area (Å²) in [6.45, 7) is 14.7. The Morgan fingerprint density at radius 1 is 0.782 bits per heavy atom. The maximum atomic E-state index is 14.8. The van der Waals surface area contributed by atoms with Crippen molar-refractivity contribution in [1.29, 1.82) is 0 Å². The monoisotopic (exact) mass is 778 g/mol. The fraction of sp³-hybridized carbons (Fsp3) is 0.878. The van der Waals surface area contributed by atoms with Crippen molar-refractivity contribution >= 4 is 17.7 Å². The van der Waals surface area contributed by atoms with Crippen LogP contribution in [0.15, 0.2) is 11.6 Å². The third kappa shape index (κ3) is 6.01. The number of aliphatic hydroxyl groups is 5. The zero-order chi connectivity index (χ0) is 40.4. The summed E-state index contributed by atoms with van der Waals surface area (Å²) >= 11 is 0. The molecule has 0 spiro atoms. The fourth-order valence-corrected chi connectivity index (χ4v) is 13.1. The van der Waals surface area contributed by atoms with Crippen molar-refractivity contribution in [1.82, 2.24) is 0 Å². The second kappa shape index (κ2) is 13.5. The highest BCUT2D eigenvalue weighted by atomic mass is 16.8. The molecular weight excluding hydrogens is 716 g/mol. The van der Waals surface area contributed by atoms with Crippen LogP contribution < -0.4 is 0 Å². The largest absolute Gasteiger partial charge is 0.481 e. The van der Waals surface area contributed by atoms with Crippen LogP contribution in [0.25, 0.3) is 0 Å². The van der Waals surface area contributed by atoms with Gasteiger partial charge in [0.2, 0.25) is 0 Å². The third-order valence-corrected chi connectivity index (χ3v) is 16.9. The highest BCUT2D eigenvalue weighted by Gasteiger charge is 2.71. The summed E-state index contributed by atoms with van der Waals surface area (Å²) in [6, 6.07) is 0. The molecule has 0 bridgehead atoms. The maximum Gasteiger partial charge on any atom is 0.335 e. The number of ether oxygens (including phenoxy) is 4. The Labute approximate surface area is 322 Å². The van der Waals surface area contributed by atoms with Crippen LogP contribution in [-0.4, -0.2) is 121 Å². The predicted octanol–water partition coefficient (Wildman–Crippen LogP) is 2.79. The molecule has 14 heteroatoms. The van der Waals surface area contributed by atoms with Crippen LogP contribution in [0.1, 0.15) is 106 Å². The first-order chi connectivity index (χ1) is 25.4. The lowest BCUT2D eigenvalue weighted by Crippen LogP contribution is -2.68. The van der Waals surface area contributed by atoms with Crippen molar-refractivity contribution in [2.24, 2.45) is 50.2 Å². The van der Waals surface area contributed by atoms with Gasteiger partial charge in [-0.2, -0.15) is 0 Å². The van der Waals surface area contributed by atoms with E-state index in [-0.39, 0.29) is 46.4 Å². The van der Waals surface area contributed by atoms with Crippen molar-refractivity contribution < 1.29 is 69.1 Å². The standard InChI is InChI=1S/C41H62O14/c1-36(2)23-8-11-41(7)31(21(42)16-19-20-17-38(4,35(50)51)13-12-37(20,3)14-15-40(19,41)6)39(23,5)10-9-24(36)53-34-30(27(46)26(45)29(54-34)32(48)49)55-33-28(47)25(44)22(43)18-52-33/h16,20,22-31,33-34,43-47H,8-15,17-18H2,1-7H3,(H,48,49)(H,50,51)/t20-,22-,23-,24+,25+,26+,27+,28-,29+,30-,31-,33+,34-,37+,38-,39+,40-,41-/m0/s1. The Morgan fingerprint density at radius 3 is 2.11 bits per heavy atom. The van der Waals surface area contributed by atoms with E-state index in [4.69, 9.17) is 18.9 Å². The molecule has 18 atom stereocenters. The average Bonchev–Trinajstić information content (AvgIpc) is 3.10. The molecule has 2 saturated heterocycles. The van der Waals surface area contributed by atoms with Gasteiger partial charge >= 0.3 is 11.9 Å². The first kappa shape index (κ1) is 41.2. The second-order valence-electron chi connectivity index (χ2n) is 20.1. The normalized spacial score (nSPS) is 53.5. The summed E-state index contributed by atoms with van der Waals surface area (Å²) in [7, 11) is 0. The molecule has 0 aromatic heterocycles. The number of allylic oxidation sites excluding steroid dienone is 2. The van der Waals surface area contributed by atoms with Crippen molar-refractivity contribution in [3.8, 4) is 0 Å². The minimum absolute atomic E-state index is 0.0107. The van der Waals surface area contributed by atoms with Crippen LogP contribution in [0, 0.1) is 50.2 Å². The van der Waals surface area contributed by atoms with Crippen molar-refractivity contribution in [3.63, 3.8) is 0 Å². The Kier molecular flexibility index (Phi) is 10.1. The molecule has 310 valence electrons. The van der Waals surface area contributed by atoms with Gasteiger partial charge in [-0.25, -0.2) is 4.79 Å². The number of carboxylic acids is 2. The predicted molar refractivity (Wildman–Crippen MR) is 193 cm³/mol. The van der Waals surface area contributed by atoms with Gasteiger partial charge in [-0.3, -0.25) is 9.59 Å². The first-order valence-corrected chi connectivity index (χ1v) is 20.2. The van der Waals surface area contributed by atoms with Gasteiger partial charge in [0.15, 0.2) is 24.5 Å². The van der Waals surface area contributed by atoms with E-state index in [9.17, 15) is 50.1 Å². The first-order valence-electron chi connectivity index (χ1n) is 20.2. The van der Waals surface area contributed by atoms with Crippen molar-refractivity contribution in [3.05, 3.63) is 11.6 Å². The van der Waals surface area contributed by atoms with Crippen LogP contribution in [0.4, 0.5) is 0 Å². The highest BCUT2D eigenvalue weighted by Crippen LogP contribution is 2.75. The zero-order valence-electron chi connectivity index (χ0n) is 33.1. The zero-order valence-corrected chi connectivity index (χ0v) is 33.1. The molecule has 7 rings (SSSR count). The Balaban J connectivity index is 1.17. The molecule has 0 aromatic carbocycles. The van der Waals surface area contributed by atoms with Crippen LogP contribution in [0.2, 0.25) is 0 Å². The minimum atomic E-state index is -1.92. The molecular formula is C41H62O14. The summed E-state index contributed by atoms with van der Waals surface area (Å²) in [5.74, 6) is -2.50. The summed E-state index contributed by atoms with van der Waals surface area (Å²) < 4.78 is 23.7. The third-order valence-electron chi connectivity index (χ3n) is 16.9. The number of carbonyl (C=O) groups excluding carboxylic acids is 1. The number of ketones is 1. The smallest absolute Gasteiger partial charge is 0.335 e. The number of carboxylic acid groups (broad SMARTS) is 2. The molecule has 55 heavy (non-hydrogen) atoms. The molecule has 0 radical (unpaired) electrons. The van der Waals surface area contributed by atoms with E-state index in [0.717, 1.165) is 37.7 Å². The maximum absolute atomic E-state index is 14.8. The summed E-state index contributed by atoms with van der Waals surface area (Å²) in [5.41, 5.74) is -1.48. The van der Waals surface area contributed by atoms with Crippen LogP contribution in [0.3, 0.4) is 0 Å². The van der Waals surface area contributed by atoms with Gasteiger partial charge in [0.25, 0.3) is 0 Å². The molecule has 6 fully saturated rings. The molecule has 4 saturated carbocycles. The average molecular weight is 779 g/mol. The van der Waals surface area contributed by atoms with Gasteiger partial charge in [0, 0.05) is 5.92 Å². The lowest BCUT2D eigenvalue weighted by atomic mass is 9.33. The van der Waals surface area contributed by atoms with E-state index in [1.165, 1.54) is 0 Å². The molecule has 7 N–H and O–H groups in total. The van der Waals surface area contributed by atoms with Crippen molar-refractivity contribution in [2.45, 2.75) is 168 Å². The molecule has 7 aliphatic rings. The molecule has 2 aliphatic heterocycles. The number of hydrogen-bond donors (Lipinski definition) is 7. The minimum Gasteiger partial charge on any atom is -0.481 e. The van der Waals surface area contributed by atoms with E-state index in [1.807, 2.05) is 13.0 Å². The molecule has 5 aliphatic carbocycles. The van der Waals surface area contributed by atoms with E-state index >= 15 is 0 Å². The van der Waals surface area contributed by atoms with E-state index in [2.05, 4.69) is 41.5 Å². The quantitative estimate of drug-likeness (QED) is 0.193. The number of aliphatic hydroxyl groups excluding tert-OH is 5. The Morgan fingerprint density at radius 2 is 1.45 bits per heavy atom. The lowest BCUT2D eigenvalue weighted by molar-refractivity contribution is -0.365. The topological polar surface area (TPSA) is 230 Å². The molecule has 0 amide bonds. The molecule has 2 heterocycles. The molecule has 0 aromatic rings. The summed E-state index contributed by atoms with van der Waals surface area (Å²) in [5, 5.41) is 72.8. The van der Waals surface area contributed by atoms with Crippen LogP contribution in [-0.2, 0) is 33.3 Å². The number of fused-ring (bicyclic) bond motifs is 7. The molecule has 14 nitrogen and oxygen atoms in total. The van der Waals surface area contributed by atoms with Gasteiger partial charge in [-0.1, -0.05) is 47.1 Å². The van der Waals surface area contributed by atoms with Crippen molar-refractivity contribution in [2.75, 3.05) is 6.61 Å². The van der Waals surface area contributed by atoms with Gasteiger partial charge < -0.3 is 54.7 Å². The van der Waals surface area contributed by atoms with E-state index in [1.54, 1.807) is 0 Å². The van der Waals surface area contributed by atoms with Gasteiger partial charge in [0.1, 0.15) is 36.6 Å². The number of hydrogen-bond acceptors (Lipinski definition) is 12. The Hall–Kier alpha value is -2.01. The SMILES string of the molecule is CC1(C)[C@H](O[C@H]2O[C@@H](C(=O)O)[C@H](O)[C@@H](O)[C@@H]2O[C@H]2OC[C@H](O)[C@@H](O)[C@@H]2O)CC[C@]2(C)[C@H]1CC[C@@]1(C)[C@H]2C(=O)C=C2[C@@H]3C[C@@](C)(C(=O)O)CC[C@]3(C)CC[C@@]21C. The van der Waals surface area contributed by atoms with Crippen LogP contribution in [0.5, 0.6) is 0 Å². The lowest BCUT2D eigenvalue weighted by Gasteiger charge is -2.70. The summed E-state index contributed by atoms with van der Waals surface area (Å²) in [4.78, 5) is 39.4. The van der Waals surface area contributed by atoms with Gasteiger partial charge in [-0.05, 0) is 110 Å². The Bertz CT molecular complexity index is 1600. The second-order valence-corrected chi connectivity index (χ2v) is 20.1. The number of aliphatic carboxylic acids is 2. The van der Waals surface area contributed by atoms with E-state index in [0.29, 0.717) is 25.7 Å².